The Balaban J connectivity index is 2.31. The van der Waals surface area contributed by atoms with Gasteiger partial charge in [-0.05, 0) is 30.5 Å². The second-order valence-electron chi connectivity index (χ2n) is 4.69. The van der Waals surface area contributed by atoms with E-state index in [0.717, 1.165) is 18.4 Å². The minimum atomic E-state index is 0.0306. The Hall–Kier alpha value is -1.60. The van der Waals surface area contributed by atoms with Crippen molar-refractivity contribution in [2.45, 2.75) is 26.7 Å². The predicted octanol–water partition coefficient (Wildman–Crippen LogP) is 4.83. The van der Waals surface area contributed by atoms with Crippen molar-refractivity contribution in [1.82, 2.24) is 0 Å². The van der Waals surface area contributed by atoms with E-state index in [9.17, 15) is 4.79 Å². The predicted molar refractivity (Wildman–Crippen MR) is 80.1 cm³/mol. The van der Waals surface area contributed by atoms with E-state index in [0.29, 0.717) is 16.1 Å². The Morgan fingerprint density at radius 1 is 1.11 bits per heavy atom. The molecule has 0 fully saturated rings. The van der Waals surface area contributed by atoms with Crippen LogP contribution in [0.15, 0.2) is 42.5 Å². The maximum atomic E-state index is 12.4. The van der Waals surface area contributed by atoms with E-state index < -0.39 is 0 Å². The summed E-state index contributed by atoms with van der Waals surface area (Å²) in [6.07, 6.45) is 2.16. The Morgan fingerprint density at radius 2 is 1.79 bits per heavy atom. The van der Waals surface area contributed by atoms with Crippen LogP contribution in [0, 0.1) is 6.92 Å². The highest BCUT2D eigenvalue weighted by Crippen LogP contribution is 2.21. The monoisotopic (exact) mass is 272 g/mol. The van der Waals surface area contributed by atoms with Crippen molar-refractivity contribution in [3.63, 3.8) is 0 Å². The molecule has 0 unspecified atom stereocenters. The average Bonchev–Trinajstić information content (AvgIpc) is 2.42. The number of aryl methyl sites for hydroxylation is 1. The molecule has 0 saturated heterocycles. The summed E-state index contributed by atoms with van der Waals surface area (Å²) in [5.74, 6) is 0.0306. The van der Waals surface area contributed by atoms with Crippen LogP contribution < -0.4 is 0 Å². The van der Waals surface area contributed by atoms with Gasteiger partial charge in [0.15, 0.2) is 5.78 Å². The largest absolute Gasteiger partial charge is 0.289 e. The van der Waals surface area contributed by atoms with Gasteiger partial charge in [-0.25, -0.2) is 0 Å². The lowest BCUT2D eigenvalue weighted by molar-refractivity contribution is 0.103. The summed E-state index contributed by atoms with van der Waals surface area (Å²) in [7, 11) is 0. The number of hydrogen-bond donors (Lipinski definition) is 0. The maximum absolute atomic E-state index is 12.4. The fourth-order valence-corrected chi connectivity index (χ4v) is 2.29. The molecule has 0 N–H and O–H groups in total. The van der Waals surface area contributed by atoms with Gasteiger partial charge in [-0.2, -0.15) is 0 Å². The van der Waals surface area contributed by atoms with Gasteiger partial charge < -0.3 is 0 Å². The molecule has 2 heteroatoms. The summed E-state index contributed by atoms with van der Waals surface area (Å²) in [5, 5.41) is 0.633. The summed E-state index contributed by atoms with van der Waals surface area (Å²) >= 11 is 6.06. The highest BCUT2D eigenvalue weighted by Gasteiger charge is 2.12. The van der Waals surface area contributed by atoms with Crippen LogP contribution in [0.4, 0.5) is 0 Å². The molecule has 0 spiro atoms. The summed E-state index contributed by atoms with van der Waals surface area (Å²) in [4.78, 5) is 12.4. The van der Waals surface area contributed by atoms with Crippen LogP contribution in [0.3, 0.4) is 0 Å². The van der Waals surface area contributed by atoms with Crippen LogP contribution in [-0.2, 0) is 6.42 Å². The van der Waals surface area contributed by atoms with Crippen LogP contribution in [0.25, 0.3) is 0 Å². The lowest BCUT2D eigenvalue weighted by Gasteiger charge is -2.07. The molecule has 98 valence electrons. The molecule has 0 aromatic heterocycles. The third kappa shape index (κ3) is 3.05. The number of hydrogen-bond acceptors (Lipinski definition) is 1. The second-order valence-corrected chi connectivity index (χ2v) is 5.10. The fourth-order valence-electron chi connectivity index (χ4n) is 2.12. The summed E-state index contributed by atoms with van der Waals surface area (Å²) in [6.45, 7) is 4.02. The van der Waals surface area contributed by atoms with E-state index in [2.05, 4.69) is 6.92 Å². The molecule has 0 bridgehead atoms. The Labute approximate surface area is 119 Å². The van der Waals surface area contributed by atoms with Gasteiger partial charge in [0, 0.05) is 16.1 Å². The van der Waals surface area contributed by atoms with Crippen molar-refractivity contribution in [3.8, 4) is 0 Å². The van der Waals surface area contributed by atoms with Crippen LogP contribution in [0.1, 0.15) is 40.4 Å². The van der Waals surface area contributed by atoms with E-state index in [4.69, 9.17) is 11.6 Å². The molecule has 0 atom stereocenters. The number of benzene rings is 2. The minimum Gasteiger partial charge on any atom is -0.289 e. The Morgan fingerprint density at radius 3 is 2.42 bits per heavy atom. The third-order valence-corrected chi connectivity index (χ3v) is 3.68. The highest BCUT2D eigenvalue weighted by molar-refractivity contribution is 6.32. The smallest absolute Gasteiger partial charge is 0.193 e. The van der Waals surface area contributed by atoms with E-state index in [1.54, 1.807) is 6.07 Å². The van der Waals surface area contributed by atoms with E-state index >= 15 is 0 Å². The number of ketones is 1. The van der Waals surface area contributed by atoms with Gasteiger partial charge in [0.25, 0.3) is 0 Å². The van der Waals surface area contributed by atoms with Crippen molar-refractivity contribution < 1.29 is 4.79 Å². The quantitative estimate of drug-likeness (QED) is 0.729. The second kappa shape index (κ2) is 6.03. The van der Waals surface area contributed by atoms with Gasteiger partial charge in [-0.15, -0.1) is 0 Å². The summed E-state index contributed by atoms with van der Waals surface area (Å²) < 4.78 is 0. The zero-order chi connectivity index (χ0) is 13.8. The standard InChI is InChI=1S/C17H17ClO/c1-3-5-13-8-10-14(11-9-13)17(19)15-6-4-7-16(18)12(15)2/h4,6-11H,3,5H2,1-2H3. The molecular weight excluding hydrogens is 256 g/mol. The van der Waals surface area contributed by atoms with Crippen LogP contribution >= 0.6 is 11.6 Å². The molecule has 2 aromatic carbocycles. The Kier molecular flexibility index (Phi) is 4.39. The first kappa shape index (κ1) is 13.8. The molecule has 1 nitrogen and oxygen atoms in total. The first-order valence-corrected chi connectivity index (χ1v) is 6.90. The molecule has 0 saturated carbocycles. The van der Waals surface area contributed by atoms with Gasteiger partial charge in [0.2, 0.25) is 0 Å². The van der Waals surface area contributed by atoms with Gasteiger partial charge in [0.05, 0.1) is 0 Å². The third-order valence-electron chi connectivity index (χ3n) is 3.27. The van der Waals surface area contributed by atoms with E-state index in [-0.39, 0.29) is 5.78 Å². The molecule has 2 rings (SSSR count). The van der Waals surface area contributed by atoms with Crippen molar-refractivity contribution in [1.29, 1.82) is 0 Å². The van der Waals surface area contributed by atoms with Crippen molar-refractivity contribution in [2.24, 2.45) is 0 Å². The van der Waals surface area contributed by atoms with Crippen molar-refractivity contribution >= 4 is 17.4 Å². The zero-order valence-electron chi connectivity index (χ0n) is 11.2. The molecule has 0 aliphatic carbocycles. The molecule has 0 amide bonds. The summed E-state index contributed by atoms with van der Waals surface area (Å²) in [6, 6.07) is 13.3. The SMILES string of the molecule is CCCc1ccc(C(=O)c2cccc(Cl)c2C)cc1. The molecule has 0 heterocycles. The van der Waals surface area contributed by atoms with Gasteiger partial charge >= 0.3 is 0 Å². The van der Waals surface area contributed by atoms with E-state index in [1.165, 1.54) is 5.56 Å². The highest BCUT2D eigenvalue weighted by atomic mass is 35.5. The molecule has 0 aliphatic rings. The summed E-state index contributed by atoms with van der Waals surface area (Å²) in [5.41, 5.74) is 3.50. The van der Waals surface area contributed by atoms with Crippen molar-refractivity contribution in [3.05, 3.63) is 69.7 Å². The molecule has 0 radical (unpaired) electrons. The van der Waals surface area contributed by atoms with Gasteiger partial charge in [-0.1, -0.05) is 61.3 Å². The molecular formula is C17H17ClO. The average molecular weight is 273 g/mol. The lowest BCUT2D eigenvalue weighted by atomic mass is 9.98. The Bertz CT molecular complexity index is 585. The van der Waals surface area contributed by atoms with Crippen LogP contribution in [0.5, 0.6) is 0 Å². The van der Waals surface area contributed by atoms with Crippen LogP contribution in [0.2, 0.25) is 5.02 Å². The molecule has 0 aliphatic heterocycles. The van der Waals surface area contributed by atoms with E-state index in [1.807, 2.05) is 43.3 Å². The topological polar surface area (TPSA) is 17.1 Å². The first-order valence-electron chi connectivity index (χ1n) is 6.52. The lowest BCUT2D eigenvalue weighted by Crippen LogP contribution is -2.04. The van der Waals surface area contributed by atoms with Gasteiger partial charge in [-0.3, -0.25) is 4.79 Å². The minimum absolute atomic E-state index is 0.0306. The molecule has 19 heavy (non-hydrogen) atoms. The van der Waals surface area contributed by atoms with Crippen molar-refractivity contribution in [2.75, 3.05) is 0 Å². The van der Waals surface area contributed by atoms with Crippen LogP contribution in [-0.4, -0.2) is 5.78 Å². The first-order chi connectivity index (χ1) is 9.13. The fraction of sp³-hybridized carbons (Fsp3) is 0.235. The molecule has 2 aromatic rings. The number of carbonyl (C=O) groups excluding carboxylic acids is 1. The normalized spacial score (nSPS) is 10.5. The van der Waals surface area contributed by atoms with Gasteiger partial charge in [0.1, 0.15) is 0 Å². The number of carbonyl (C=O) groups is 1. The number of rotatable bonds is 4. The maximum Gasteiger partial charge on any atom is 0.193 e. The number of halogens is 1. The zero-order valence-corrected chi connectivity index (χ0v) is 12.0.